The van der Waals surface area contributed by atoms with Crippen LogP contribution in [0.1, 0.15) is 12.0 Å². The third-order valence-corrected chi connectivity index (χ3v) is 7.12. The number of nitrogens with one attached hydrogen (secondary N) is 1. The fraction of sp³-hybridized carbons (Fsp3) is 0.435. The molecule has 2 aromatic rings. The Bertz CT molecular complexity index is 972. The number of methoxy groups -OCH3 is 1. The van der Waals surface area contributed by atoms with Crippen molar-refractivity contribution in [3.63, 3.8) is 0 Å². The van der Waals surface area contributed by atoms with Crippen molar-refractivity contribution in [2.75, 3.05) is 57.4 Å². The van der Waals surface area contributed by atoms with Crippen LogP contribution in [0.15, 0.2) is 53.4 Å². The topological polar surface area (TPSA) is 88.2 Å². The van der Waals surface area contributed by atoms with Gasteiger partial charge in [-0.1, -0.05) is 17.7 Å². The lowest BCUT2D eigenvalue weighted by atomic mass is 10.2. The molecule has 0 bridgehead atoms. The number of carbonyl (C=O) groups excluding carboxylic acids is 1. The summed E-state index contributed by atoms with van der Waals surface area (Å²) in [7, 11) is -2.38. The predicted octanol–water partition coefficient (Wildman–Crippen LogP) is 2.04. The molecule has 1 amide bonds. The van der Waals surface area contributed by atoms with Crippen LogP contribution in [-0.4, -0.2) is 72.3 Å². The minimum absolute atomic E-state index is 0.138. The van der Waals surface area contributed by atoms with E-state index in [9.17, 15) is 13.2 Å². The SMILES string of the molecule is COc1ccc(N(CC(=O)NCCCN2CCOCC2)S(=O)(=O)c2ccc(C)cc2)cc1. The minimum atomic E-state index is -3.92. The van der Waals surface area contributed by atoms with E-state index in [1.54, 1.807) is 55.6 Å². The summed E-state index contributed by atoms with van der Waals surface area (Å²) in [4.78, 5) is 15.1. The van der Waals surface area contributed by atoms with Crippen LogP contribution in [0.25, 0.3) is 0 Å². The van der Waals surface area contributed by atoms with Gasteiger partial charge in [-0.2, -0.15) is 0 Å². The molecule has 0 saturated carbocycles. The smallest absolute Gasteiger partial charge is 0.264 e. The fourth-order valence-corrected chi connectivity index (χ4v) is 4.86. The van der Waals surface area contributed by atoms with Crippen molar-refractivity contribution in [2.24, 2.45) is 0 Å². The quantitative estimate of drug-likeness (QED) is 0.545. The van der Waals surface area contributed by atoms with Crippen LogP contribution in [-0.2, 0) is 19.6 Å². The highest BCUT2D eigenvalue weighted by Crippen LogP contribution is 2.26. The van der Waals surface area contributed by atoms with Crippen molar-refractivity contribution in [1.82, 2.24) is 10.2 Å². The van der Waals surface area contributed by atoms with Crippen molar-refractivity contribution < 1.29 is 22.7 Å². The molecule has 0 atom stereocenters. The number of aryl methyl sites for hydroxylation is 1. The molecule has 8 nitrogen and oxygen atoms in total. The lowest BCUT2D eigenvalue weighted by Crippen LogP contribution is -2.42. The molecule has 1 fully saturated rings. The number of hydrogen-bond acceptors (Lipinski definition) is 6. The molecule has 174 valence electrons. The number of carbonyl (C=O) groups is 1. The van der Waals surface area contributed by atoms with E-state index in [0.717, 1.165) is 49.1 Å². The average molecular weight is 462 g/mol. The summed E-state index contributed by atoms with van der Waals surface area (Å²) in [5.41, 5.74) is 1.35. The molecule has 0 radical (unpaired) electrons. The molecule has 1 heterocycles. The lowest BCUT2D eigenvalue weighted by molar-refractivity contribution is -0.119. The first kappa shape index (κ1) is 24.0. The van der Waals surface area contributed by atoms with Crippen LogP contribution in [0.2, 0.25) is 0 Å². The van der Waals surface area contributed by atoms with E-state index in [1.165, 1.54) is 0 Å². The number of ether oxygens (including phenoxy) is 2. The van der Waals surface area contributed by atoms with E-state index in [2.05, 4.69) is 10.2 Å². The third-order valence-electron chi connectivity index (χ3n) is 5.33. The summed E-state index contributed by atoms with van der Waals surface area (Å²) in [6.07, 6.45) is 0.791. The molecular weight excluding hydrogens is 430 g/mol. The zero-order valence-electron chi connectivity index (χ0n) is 18.6. The Labute approximate surface area is 190 Å². The van der Waals surface area contributed by atoms with Crippen molar-refractivity contribution in [1.29, 1.82) is 0 Å². The van der Waals surface area contributed by atoms with Crippen molar-refractivity contribution >= 4 is 21.6 Å². The van der Waals surface area contributed by atoms with E-state index >= 15 is 0 Å². The van der Waals surface area contributed by atoms with Crippen LogP contribution >= 0.6 is 0 Å². The Morgan fingerprint density at radius 2 is 1.75 bits per heavy atom. The van der Waals surface area contributed by atoms with E-state index in [0.29, 0.717) is 18.0 Å². The monoisotopic (exact) mass is 461 g/mol. The van der Waals surface area contributed by atoms with Crippen LogP contribution < -0.4 is 14.4 Å². The molecule has 0 unspecified atom stereocenters. The number of morpholine rings is 1. The van der Waals surface area contributed by atoms with Crippen molar-refractivity contribution in [3.05, 3.63) is 54.1 Å². The van der Waals surface area contributed by atoms with Crippen LogP contribution in [0.5, 0.6) is 5.75 Å². The average Bonchev–Trinajstić information content (AvgIpc) is 2.81. The van der Waals surface area contributed by atoms with Gasteiger partial charge in [-0.25, -0.2) is 8.42 Å². The zero-order chi connectivity index (χ0) is 23.0. The van der Waals surface area contributed by atoms with Crippen LogP contribution in [0.3, 0.4) is 0 Å². The van der Waals surface area contributed by atoms with E-state index in [-0.39, 0.29) is 17.3 Å². The number of sulfonamides is 1. The molecule has 0 spiro atoms. The second-order valence-electron chi connectivity index (χ2n) is 7.68. The maximum absolute atomic E-state index is 13.4. The summed E-state index contributed by atoms with van der Waals surface area (Å²) in [5, 5.41) is 2.85. The molecule has 9 heteroatoms. The van der Waals surface area contributed by atoms with E-state index < -0.39 is 10.0 Å². The van der Waals surface area contributed by atoms with Gasteiger partial charge in [0, 0.05) is 19.6 Å². The second-order valence-corrected chi connectivity index (χ2v) is 9.54. The number of nitrogens with zero attached hydrogens (tertiary/aromatic N) is 2. The number of rotatable bonds is 10. The van der Waals surface area contributed by atoms with Crippen LogP contribution in [0.4, 0.5) is 5.69 Å². The van der Waals surface area contributed by atoms with Gasteiger partial charge < -0.3 is 14.8 Å². The van der Waals surface area contributed by atoms with Gasteiger partial charge in [0.2, 0.25) is 5.91 Å². The lowest BCUT2D eigenvalue weighted by Gasteiger charge is -2.26. The largest absolute Gasteiger partial charge is 0.497 e. The maximum Gasteiger partial charge on any atom is 0.264 e. The maximum atomic E-state index is 13.4. The summed E-state index contributed by atoms with van der Waals surface area (Å²) < 4.78 is 38.4. The predicted molar refractivity (Wildman–Crippen MR) is 124 cm³/mol. The Hall–Kier alpha value is -2.62. The highest BCUT2D eigenvalue weighted by molar-refractivity contribution is 7.92. The van der Waals surface area contributed by atoms with Gasteiger partial charge in [-0.15, -0.1) is 0 Å². The van der Waals surface area contributed by atoms with Gasteiger partial charge in [0.1, 0.15) is 12.3 Å². The Morgan fingerprint density at radius 1 is 1.09 bits per heavy atom. The van der Waals surface area contributed by atoms with Gasteiger partial charge in [0.05, 0.1) is 30.9 Å². The summed E-state index contributed by atoms with van der Waals surface area (Å²) in [6, 6.07) is 13.2. The zero-order valence-corrected chi connectivity index (χ0v) is 19.4. The molecule has 1 N–H and O–H groups in total. The van der Waals surface area contributed by atoms with E-state index in [1.807, 2.05) is 6.92 Å². The first-order chi connectivity index (χ1) is 15.4. The first-order valence-corrected chi connectivity index (χ1v) is 12.1. The van der Waals surface area contributed by atoms with Gasteiger partial charge in [-0.3, -0.25) is 14.0 Å². The summed E-state index contributed by atoms with van der Waals surface area (Å²) >= 11 is 0. The number of hydrogen-bond donors (Lipinski definition) is 1. The van der Waals surface area contributed by atoms with Crippen molar-refractivity contribution in [2.45, 2.75) is 18.2 Å². The molecule has 0 aromatic heterocycles. The number of anilines is 1. The highest BCUT2D eigenvalue weighted by atomic mass is 32.2. The Morgan fingerprint density at radius 3 is 2.38 bits per heavy atom. The Kier molecular flexibility index (Phi) is 8.49. The summed E-state index contributed by atoms with van der Waals surface area (Å²) in [6.45, 7) is 6.20. The van der Waals surface area contributed by atoms with Gasteiger partial charge in [0.25, 0.3) is 10.0 Å². The van der Waals surface area contributed by atoms with Gasteiger partial charge >= 0.3 is 0 Å². The van der Waals surface area contributed by atoms with Crippen LogP contribution in [0, 0.1) is 6.92 Å². The molecular formula is C23H31N3O5S. The molecule has 1 saturated heterocycles. The summed E-state index contributed by atoms with van der Waals surface area (Å²) in [5.74, 6) is 0.257. The minimum Gasteiger partial charge on any atom is -0.497 e. The molecule has 3 rings (SSSR count). The second kappa shape index (κ2) is 11.3. The molecule has 1 aliphatic rings. The normalized spacial score (nSPS) is 14.7. The highest BCUT2D eigenvalue weighted by Gasteiger charge is 2.27. The fourth-order valence-electron chi connectivity index (χ4n) is 3.44. The number of amides is 1. The molecule has 0 aliphatic carbocycles. The van der Waals surface area contributed by atoms with Gasteiger partial charge in [-0.05, 0) is 56.3 Å². The molecule has 1 aliphatic heterocycles. The number of benzene rings is 2. The van der Waals surface area contributed by atoms with Crippen molar-refractivity contribution in [3.8, 4) is 5.75 Å². The third kappa shape index (κ3) is 6.44. The molecule has 2 aromatic carbocycles. The molecule has 32 heavy (non-hydrogen) atoms. The van der Waals surface area contributed by atoms with Gasteiger partial charge in [0.15, 0.2) is 0 Å². The standard InChI is InChI=1S/C23H31N3O5S/c1-19-4-10-22(11-5-19)32(28,29)26(20-6-8-21(30-2)9-7-20)18-23(27)24-12-3-13-25-14-16-31-17-15-25/h4-11H,3,12-18H2,1-2H3,(H,24,27). The van der Waals surface area contributed by atoms with E-state index in [4.69, 9.17) is 9.47 Å². The first-order valence-electron chi connectivity index (χ1n) is 10.7. The Balaban J connectivity index is 1.69.